The molecule has 0 spiro atoms. The van der Waals surface area contributed by atoms with Crippen molar-refractivity contribution in [2.75, 3.05) is 47.5 Å². The highest BCUT2D eigenvalue weighted by atomic mass is 32.2. The number of hydrazine groups is 1. The molecule has 3 rings (SSSR count). The number of halogens is 1. The summed E-state index contributed by atoms with van der Waals surface area (Å²) >= 11 is 0. The van der Waals surface area contributed by atoms with Gasteiger partial charge >= 0.3 is 6.03 Å². The van der Waals surface area contributed by atoms with E-state index in [0.717, 1.165) is 24.8 Å². The summed E-state index contributed by atoms with van der Waals surface area (Å²) in [5.41, 5.74) is 3.77. The maximum absolute atomic E-state index is 14.8. The normalized spacial score (nSPS) is 15.0. The number of rotatable bonds is 7. The molecule has 34 heavy (non-hydrogen) atoms. The fourth-order valence-corrected chi connectivity index (χ4v) is 5.05. The van der Waals surface area contributed by atoms with Gasteiger partial charge in [-0.15, -0.1) is 0 Å². The number of amides is 3. The first-order valence-corrected chi connectivity index (χ1v) is 12.9. The monoisotopic (exact) mass is 491 g/mol. The molecule has 0 radical (unpaired) electrons. The SMILES string of the molecule is CCN(CC)c1ccc(N(Cc2ccc(C(=O)NN)cc2F)C(=O)N2CCS(=O)(=O)CC2)cc1. The van der Waals surface area contributed by atoms with Crippen LogP contribution in [0.3, 0.4) is 0 Å². The number of benzene rings is 2. The number of nitrogens with two attached hydrogens (primary N) is 1. The molecule has 1 aliphatic rings. The molecule has 0 saturated carbocycles. The first-order chi connectivity index (χ1) is 16.2. The Bertz CT molecular complexity index is 1120. The largest absolute Gasteiger partial charge is 0.372 e. The Kier molecular flexibility index (Phi) is 8.11. The average molecular weight is 492 g/mol. The molecule has 184 valence electrons. The molecule has 1 saturated heterocycles. The summed E-state index contributed by atoms with van der Waals surface area (Å²) in [5, 5.41) is 0. The molecule has 11 heteroatoms. The quantitative estimate of drug-likeness (QED) is 0.348. The van der Waals surface area contributed by atoms with Gasteiger partial charge in [-0.2, -0.15) is 0 Å². The molecule has 1 heterocycles. The van der Waals surface area contributed by atoms with Crippen molar-refractivity contribution >= 4 is 33.2 Å². The summed E-state index contributed by atoms with van der Waals surface area (Å²) < 4.78 is 38.5. The summed E-state index contributed by atoms with van der Waals surface area (Å²) in [7, 11) is -3.17. The minimum Gasteiger partial charge on any atom is -0.372 e. The van der Waals surface area contributed by atoms with Gasteiger partial charge in [-0.3, -0.25) is 15.1 Å². The van der Waals surface area contributed by atoms with Crippen LogP contribution in [0, 0.1) is 5.82 Å². The first kappa shape index (κ1) is 25.4. The van der Waals surface area contributed by atoms with Crippen LogP contribution in [-0.4, -0.2) is 62.9 Å². The van der Waals surface area contributed by atoms with Gasteiger partial charge < -0.3 is 9.80 Å². The van der Waals surface area contributed by atoms with Crippen LogP contribution in [0.1, 0.15) is 29.8 Å². The molecule has 0 aromatic heterocycles. The summed E-state index contributed by atoms with van der Waals surface area (Å²) in [6.07, 6.45) is 0. The van der Waals surface area contributed by atoms with Crippen molar-refractivity contribution in [1.82, 2.24) is 10.3 Å². The molecule has 0 unspecified atom stereocenters. The minimum atomic E-state index is -3.17. The van der Waals surface area contributed by atoms with Crippen molar-refractivity contribution in [2.24, 2.45) is 5.84 Å². The second-order valence-corrected chi connectivity index (χ2v) is 10.3. The third-order valence-electron chi connectivity index (χ3n) is 5.91. The number of nitrogens with one attached hydrogen (secondary N) is 1. The van der Waals surface area contributed by atoms with Gasteiger partial charge in [0.1, 0.15) is 5.82 Å². The summed E-state index contributed by atoms with van der Waals surface area (Å²) in [6, 6.07) is 10.9. The van der Waals surface area contributed by atoms with Gasteiger partial charge in [0.05, 0.1) is 18.1 Å². The van der Waals surface area contributed by atoms with E-state index in [2.05, 4.69) is 18.7 Å². The van der Waals surface area contributed by atoms with Crippen LogP contribution in [0.25, 0.3) is 0 Å². The van der Waals surface area contributed by atoms with Gasteiger partial charge in [0.2, 0.25) is 0 Å². The van der Waals surface area contributed by atoms with Gasteiger partial charge in [0.25, 0.3) is 5.91 Å². The minimum absolute atomic E-state index is 0.0615. The van der Waals surface area contributed by atoms with Crippen LogP contribution in [-0.2, 0) is 16.4 Å². The molecule has 3 N–H and O–H groups in total. The Morgan fingerprint density at radius 2 is 1.62 bits per heavy atom. The van der Waals surface area contributed by atoms with E-state index in [1.54, 1.807) is 12.1 Å². The lowest BCUT2D eigenvalue weighted by molar-refractivity contribution is 0.0953. The van der Waals surface area contributed by atoms with Crippen molar-refractivity contribution in [3.8, 4) is 0 Å². The molecule has 2 aromatic rings. The molecule has 3 amide bonds. The molecule has 1 fully saturated rings. The molecule has 2 aromatic carbocycles. The Hall–Kier alpha value is -3.18. The van der Waals surface area contributed by atoms with Gasteiger partial charge in [0, 0.05) is 48.7 Å². The molecular formula is C23H30FN5O4S. The van der Waals surface area contributed by atoms with Crippen molar-refractivity contribution in [2.45, 2.75) is 20.4 Å². The zero-order valence-electron chi connectivity index (χ0n) is 19.3. The molecule has 1 aliphatic heterocycles. The maximum atomic E-state index is 14.8. The van der Waals surface area contributed by atoms with Gasteiger partial charge in [-0.1, -0.05) is 6.07 Å². The zero-order valence-corrected chi connectivity index (χ0v) is 20.1. The van der Waals surface area contributed by atoms with Crippen molar-refractivity contribution in [3.63, 3.8) is 0 Å². The number of sulfone groups is 1. The number of nitrogens with zero attached hydrogens (tertiary/aromatic N) is 3. The third-order valence-corrected chi connectivity index (χ3v) is 7.52. The smallest absolute Gasteiger partial charge is 0.324 e. The lowest BCUT2D eigenvalue weighted by atomic mass is 10.1. The number of carbonyl (C=O) groups is 2. The van der Waals surface area contributed by atoms with E-state index < -0.39 is 27.6 Å². The van der Waals surface area contributed by atoms with E-state index in [4.69, 9.17) is 5.84 Å². The number of anilines is 2. The Labute approximate surface area is 199 Å². The lowest BCUT2D eigenvalue weighted by Crippen LogP contribution is -2.49. The van der Waals surface area contributed by atoms with Crippen LogP contribution < -0.4 is 21.1 Å². The third kappa shape index (κ3) is 5.84. The van der Waals surface area contributed by atoms with Crippen LogP contribution >= 0.6 is 0 Å². The predicted octanol–water partition coefficient (Wildman–Crippen LogP) is 2.13. The summed E-state index contributed by atoms with van der Waals surface area (Å²) in [5.74, 6) is 3.63. The van der Waals surface area contributed by atoms with E-state index in [1.807, 2.05) is 17.6 Å². The fourth-order valence-electron chi connectivity index (χ4n) is 3.85. The number of hydrogen-bond acceptors (Lipinski definition) is 6. The van der Waals surface area contributed by atoms with Crippen molar-refractivity contribution < 1.29 is 22.4 Å². The van der Waals surface area contributed by atoms with Crippen LogP contribution in [0.15, 0.2) is 42.5 Å². The van der Waals surface area contributed by atoms with Crippen LogP contribution in [0.5, 0.6) is 0 Å². The second kappa shape index (κ2) is 10.8. The van der Waals surface area contributed by atoms with Crippen molar-refractivity contribution in [1.29, 1.82) is 0 Å². The Morgan fingerprint density at radius 1 is 1.03 bits per heavy atom. The van der Waals surface area contributed by atoms with E-state index in [0.29, 0.717) is 5.69 Å². The summed E-state index contributed by atoms with van der Waals surface area (Å²) in [4.78, 5) is 30.2. The highest BCUT2D eigenvalue weighted by Gasteiger charge is 2.29. The van der Waals surface area contributed by atoms with E-state index in [-0.39, 0.29) is 42.3 Å². The predicted molar refractivity (Wildman–Crippen MR) is 130 cm³/mol. The van der Waals surface area contributed by atoms with Crippen LogP contribution in [0.2, 0.25) is 0 Å². The van der Waals surface area contributed by atoms with Gasteiger partial charge in [-0.25, -0.2) is 23.4 Å². The average Bonchev–Trinajstić information content (AvgIpc) is 2.83. The number of hydrogen-bond donors (Lipinski definition) is 2. The van der Waals surface area contributed by atoms with Gasteiger partial charge in [-0.05, 0) is 50.2 Å². The highest BCUT2D eigenvalue weighted by Crippen LogP contribution is 2.25. The van der Waals surface area contributed by atoms with Gasteiger partial charge in [0.15, 0.2) is 9.84 Å². The summed E-state index contributed by atoms with van der Waals surface area (Å²) in [6.45, 7) is 5.82. The van der Waals surface area contributed by atoms with E-state index >= 15 is 0 Å². The second-order valence-electron chi connectivity index (χ2n) is 7.98. The van der Waals surface area contributed by atoms with E-state index in [9.17, 15) is 22.4 Å². The molecular weight excluding hydrogens is 461 g/mol. The molecule has 0 atom stereocenters. The maximum Gasteiger partial charge on any atom is 0.324 e. The first-order valence-electron chi connectivity index (χ1n) is 11.1. The Balaban J connectivity index is 1.92. The number of carbonyl (C=O) groups excluding carboxylic acids is 2. The fraction of sp³-hybridized carbons (Fsp3) is 0.391. The lowest BCUT2D eigenvalue weighted by Gasteiger charge is -2.33. The standard InChI is InChI=1S/C23H30FN5O4S/c1-3-27(4-2)19-7-9-20(10-8-19)29(23(31)28-11-13-34(32,33)14-12-28)16-18-6-5-17(15-21(18)24)22(30)26-25/h5-10,15H,3-4,11-14,16,25H2,1-2H3,(H,26,30). The topological polar surface area (TPSA) is 116 Å². The molecule has 9 nitrogen and oxygen atoms in total. The van der Waals surface area contributed by atoms with Crippen LogP contribution in [0.4, 0.5) is 20.6 Å². The highest BCUT2D eigenvalue weighted by molar-refractivity contribution is 7.91. The Morgan fingerprint density at radius 3 is 2.15 bits per heavy atom. The van der Waals surface area contributed by atoms with Crippen molar-refractivity contribution in [3.05, 3.63) is 59.4 Å². The number of nitrogen functional groups attached to an aromatic ring is 1. The molecule has 0 bridgehead atoms. The number of urea groups is 1. The zero-order chi connectivity index (χ0) is 24.9. The molecule has 0 aliphatic carbocycles. The van der Waals surface area contributed by atoms with E-state index in [1.165, 1.54) is 21.9 Å².